The van der Waals surface area contributed by atoms with Crippen molar-refractivity contribution < 1.29 is 35.9 Å². The van der Waals surface area contributed by atoms with Gasteiger partial charge >= 0.3 is 12.4 Å². The van der Waals surface area contributed by atoms with Gasteiger partial charge in [-0.1, -0.05) is 12.1 Å². The number of piperidine rings is 1. The second kappa shape index (κ2) is 10.8. The Morgan fingerprint density at radius 1 is 1.19 bits per heavy atom. The van der Waals surface area contributed by atoms with E-state index in [-0.39, 0.29) is 35.2 Å². The zero-order valence-corrected chi connectivity index (χ0v) is 20.7. The molecule has 1 atom stereocenters. The van der Waals surface area contributed by atoms with Crippen molar-refractivity contribution in [1.29, 1.82) is 0 Å². The van der Waals surface area contributed by atoms with Crippen LogP contribution in [0.15, 0.2) is 34.2 Å². The minimum atomic E-state index is -4.90. The fourth-order valence-electron chi connectivity index (χ4n) is 4.05. The molecule has 0 spiro atoms. The fraction of sp³-hybridized carbons (Fsp3) is 0.522. The Kier molecular flexibility index (Phi) is 8.44. The van der Waals surface area contributed by atoms with E-state index in [0.29, 0.717) is 42.7 Å². The monoisotopic (exact) mass is 536 g/mol. The molecular formula is C23H26F6N4O2S. The Hall–Kier alpha value is -2.54. The molecule has 2 amide bonds. The van der Waals surface area contributed by atoms with Crippen molar-refractivity contribution in [3.05, 3.63) is 45.9 Å². The van der Waals surface area contributed by atoms with Crippen molar-refractivity contribution in [2.75, 3.05) is 27.2 Å². The number of amidine groups is 1. The first-order valence-corrected chi connectivity index (χ1v) is 12.0. The molecule has 1 N–H and O–H groups in total. The van der Waals surface area contributed by atoms with Crippen LogP contribution in [0.5, 0.6) is 0 Å². The number of hydrogen-bond donors (Lipinski definition) is 1. The van der Waals surface area contributed by atoms with Gasteiger partial charge in [-0.25, -0.2) is 0 Å². The van der Waals surface area contributed by atoms with Crippen LogP contribution in [-0.4, -0.2) is 60.0 Å². The van der Waals surface area contributed by atoms with Gasteiger partial charge in [0.1, 0.15) is 11.9 Å². The van der Waals surface area contributed by atoms with Gasteiger partial charge in [-0.05, 0) is 68.2 Å². The van der Waals surface area contributed by atoms with Crippen LogP contribution in [0.4, 0.5) is 31.1 Å². The maximum Gasteiger partial charge on any atom is 0.416 e. The molecule has 2 aliphatic rings. The molecule has 0 saturated carbocycles. The number of carbonyl (C=O) groups excluding carboxylic acids is 2. The van der Waals surface area contributed by atoms with Gasteiger partial charge in [0.25, 0.3) is 5.24 Å². The number of thioether (sulfide) groups is 1. The van der Waals surface area contributed by atoms with Crippen molar-refractivity contribution in [3.8, 4) is 0 Å². The minimum Gasteiger partial charge on any atom is -0.347 e. The zero-order valence-electron chi connectivity index (χ0n) is 19.8. The molecule has 1 aromatic rings. The number of aliphatic imine (C=N–C) groups is 1. The second-order valence-corrected chi connectivity index (χ2v) is 9.93. The second-order valence-electron chi connectivity index (χ2n) is 8.91. The Morgan fingerprint density at radius 2 is 1.83 bits per heavy atom. The van der Waals surface area contributed by atoms with E-state index in [4.69, 9.17) is 0 Å². The fourth-order valence-corrected chi connectivity index (χ4v) is 4.86. The lowest BCUT2D eigenvalue weighted by Crippen LogP contribution is -2.34. The summed E-state index contributed by atoms with van der Waals surface area (Å²) in [5.74, 6) is 0.119. The smallest absolute Gasteiger partial charge is 0.347 e. The van der Waals surface area contributed by atoms with E-state index in [1.807, 2.05) is 6.08 Å². The topological polar surface area (TPSA) is 65.0 Å². The SMILES string of the molecule is C[C@H](N=C1NC(=O)SC1=CC1CCN(Cc2ccc(C(F)(F)F)cc2C(F)(F)F)CC1)C(=O)N(C)C. The standard InChI is InChI=1S/C23H26F6N4O2S/c1-13(20(34)32(2)3)30-19-18(36-21(35)31-19)10-14-6-8-33(9-7-14)12-15-4-5-16(22(24,25)26)11-17(15)23(27,28)29/h4-5,10-11,13-14H,6-9,12H2,1-3H3,(H,30,31,35)/t13-/m0/s1. The van der Waals surface area contributed by atoms with Crippen molar-refractivity contribution >= 4 is 28.7 Å². The summed E-state index contributed by atoms with van der Waals surface area (Å²) in [7, 11) is 3.21. The van der Waals surface area contributed by atoms with E-state index in [2.05, 4.69) is 10.3 Å². The van der Waals surface area contributed by atoms with Crippen molar-refractivity contribution in [2.24, 2.45) is 10.9 Å². The molecule has 0 aliphatic carbocycles. The molecule has 0 radical (unpaired) electrons. The van der Waals surface area contributed by atoms with Crippen molar-refractivity contribution in [3.63, 3.8) is 0 Å². The third kappa shape index (κ3) is 7.02. The summed E-state index contributed by atoms with van der Waals surface area (Å²) in [6.45, 7) is 2.36. The summed E-state index contributed by atoms with van der Waals surface area (Å²) in [6.07, 6.45) is -6.72. The maximum absolute atomic E-state index is 13.4. The third-order valence-electron chi connectivity index (χ3n) is 5.93. The Balaban J connectivity index is 1.68. The number of nitrogens with one attached hydrogen (secondary N) is 1. The number of likely N-dealkylation sites (N-methyl/N-ethyl adjacent to an activating group) is 1. The van der Waals surface area contributed by atoms with E-state index < -0.39 is 29.5 Å². The van der Waals surface area contributed by atoms with Gasteiger partial charge in [-0.2, -0.15) is 26.3 Å². The third-order valence-corrected chi connectivity index (χ3v) is 6.77. The number of likely N-dealkylation sites (tertiary alicyclic amines) is 1. The van der Waals surface area contributed by atoms with E-state index in [1.165, 1.54) is 4.90 Å². The quantitative estimate of drug-likeness (QED) is 0.529. The lowest BCUT2D eigenvalue weighted by atomic mass is 9.95. The number of carbonyl (C=O) groups is 2. The Morgan fingerprint density at radius 3 is 2.39 bits per heavy atom. The summed E-state index contributed by atoms with van der Waals surface area (Å²) in [5, 5.41) is 2.32. The number of halogens is 6. The van der Waals surface area contributed by atoms with Gasteiger partial charge in [0.2, 0.25) is 5.91 Å². The van der Waals surface area contributed by atoms with E-state index in [1.54, 1.807) is 25.9 Å². The first kappa shape index (κ1) is 28.0. The molecule has 198 valence electrons. The highest BCUT2D eigenvalue weighted by molar-refractivity contribution is 8.18. The van der Waals surface area contributed by atoms with E-state index in [9.17, 15) is 35.9 Å². The molecule has 3 rings (SSSR count). The number of alkyl halides is 6. The van der Waals surface area contributed by atoms with Crippen LogP contribution in [0.1, 0.15) is 36.5 Å². The largest absolute Gasteiger partial charge is 0.416 e. The first-order chi connectivity index (χ1) is 16.6. The summed E-state index contributed by atoms with van der Waals surface area (Å²) in [4.78, 5) is 32.1. The summed E-state index contributed by atoms with van der Waals surface area (Å²) < 4.78 is 79.1. The molecular weight excluding hydrogens is 510 g/mol. The highest BCUT2D eigenvalue weighted by Gasteiger charge is 2.38. The van der Waals surface area contributed by atoms with Gasteiger partial charge in [0, 0.05) is 20.6 Å². The average molecular weight is 537 g/mol. The molecule has 1 aromatic carbocycles. The van der Waals surface area contributed by atoms with Crippen molar-refractivity contribution in [1.82, 2.24) is 15.1 Å². The number of amides is 2. The van der Waals surface area contributed by atoms with E-state index in [0.717, 1.165) is 17.8 Å². The van der Waals surface area contributed by atoms with Crippen LogP contribution in [-0.2, 0) is 23.7 Å². The molecule has 0 aromatic heterocycles. The normalized spacial score (nSPS) is 21.2. The maximum atomic E-state index is 13.4. The van der Waals surface area contributed by atoms with E-state index >= 15 is 0 Å². The van der Waals surface area contributed by atoms with Crippen LogP contribution in [0, 0.1) is 5.92 Å². The Bertz CT molecular complexity index is 1060. The van der Waals surface area contributed by atoms with Crippen molar-refractivity contribution in [2.45, 2.75) is 44.7 Å². The average Bonchev–Trinajstić information content (AvgIpc) is 3.11. The summed E-state index contributed by atoms with van der Waals surface area (Å²) in [6, 6.07) is 1.04. The predicted octanol–water partition coefficient (Wildman–Crippen LogP) is 5.15. The highest BCUT2D eigenvalue weighted by atomic mass is 32.2. The van der Waals surface area contributed by atoms with Crippen LogP contribution in [0.3, 0.4) is 0 Å². The molecule has 2 saturated heterocycles. The minimum absolute atomic E-state index is 0.0243. The number of nitrogens with zero attached hydrogens (tertiary/aromatic N) is 3. The van der Waals surface area contributed by atoms with Crippen LogP contribution in [0.25, 0.3) is 0 Å². The lowest BCUT2D eigenvalue weighted by Gasteiger charge is -2.31. The van der Waals surface area contributed by atoms with Crippen LogP contribution < -0.4 is 5.32 Å². The van der Waals surface area contributed by atoms with Gasteiger partial charge in [-0.3, -0.25) is 19.5 Å². The first-order valence-electron chi connectivity index (χ1n) is 11.1. The molecule has 2 heterocycles. The Labute approximate surface area is 208 Å². The molecule has 2 fully saturated rings. The zero-order chi connectivity index (χ0) is 26.8. The molecule has 0 bridgehead atoms. The van der Waals surface area contributed by atoms with Gasteiger partial charge in [0.05, 0.1) is 16.0 Å². The number of rotatable bonds is 5. The van der Waals surface area contributed by atoms with Gasteiger partial charge in [0.15, 0.2) is 0 Å². The van der Waals surface area contributed by atoms with Gasteiger partial charge < -0.3 is 10.2 Å². The van der Waals surface area contributed by atoms with Crippen LogP contribution in [0.2, 0.25) is 0 Å². The number of benzene rings is 1. The molecule has 6 nitrogen and oxygen atoms in total. The number of allylic oxidation sites excluding steroid dienone is 1. The van der Waals surface area contributed by atoms with Gasteiger partial charge in [-0.15, -0.1) is 0 Å². The number of hydrogen-bond acceptors (Lipinski definition) is 5. The molecule has 36 heavy (non-hydrogen) atoms. The summed E-state index contributed by atoms with van der Waals surface area (Å²) in [5.41, 5.74) is -2.82. The lowest BCUT2D eigenvalue weighted by molar-refractivity contribution is -0.143. The van der Waals surface area contributed by atoms with Crippen LogP contribution >= 0.6 is 11.8 Å². The highest BCUT2D eigenvalue weighted by Crippen LogP contribution is 2.38. The molecule has 2 aliphatic heterocycles. The predicted molar refractivity (Wildman–Crippen MR) is 124 cm³/mol. The summed E-state index contributed by atoms with van der Waals surface area (Å²) >= 11 is 0.966. The molecule has 0 unspecified atom stereocenters. The molecule has 13 heteroatoms.